The van der Waals surface area contributed by atoms with E-state index in [4.69, 9.17) is 23.2 Å². The van der Waals surface area contributed by atoms with E-state index in [0.29, 0.717) is 27.8 Å². The zero-order valence-electron chi connectivity index (χ0n) is 14.0. The molecule has 1 aromatic heterocycles. The molecule has 0 unspecified atom stereocenters. The van der Waals surface area contributed by atoms with Crippen LogP contribution in [0.15, 0.2) is 65.6 Å². The number of carbonyl (C=O) groups excluding carboxylic acids is 1. The van der Waals surface area contributed by atoms with E-state index in [2.05, 4.69) is 5.32 Å². The molecule has 4 nitrogen and oxygen atoms in total. The molecule has 2 aromatic carbocycles. The molecule has 0 spiro atoms. The van der Waals surface area contributed by atoms with Gasteiger partial charge in [0.1, 0.15) is 0 Å². The Hall–Kier alpha value is -2.56. The normalized spacial score (nSPS) is 10.6. The molecule has 0 atom stereocenters. The molecule has 1 heterocycles. The highest BCUT2D eigenvalue weighted by Crippen LogP contribution is 2.21. The number of aryl methyl sites for hydroxylation is 1. The molecule has 0 saturated carbocycles. The smallest absolute Gasteiger partial charge is 0.257 e. The summed E-state index contributed by atoms with van der Waals surface area (Å²) in [5, 5.41) is 3.96. The van der Waals surface area contributed by atoms with Crippen LogP contribution in [0.25, 0.3) is 0 Å². The predicted octanol–water partition coefficient (Wildman–Crippen LogP) is 4.76. The van der Waals surface area contributed by atoms with Gasteiger partial charge in [0.05, 0.1) is 12.1 Å². The van der Waals surface area contributed by atoms with Gasteiger partial charge in [0, 0.05) is 28.0 Å². The van der Waals surface area contributed by atoms with Crippen molar-refractivity contribution in [2.45, 2.75) is 13.5 Å². The first-order chi connectivity index (χ1) is 12.4. The van der Waals surface area contributed by atoms with Gasteiger partial charge in [-0.3, -0.25) is 9.59 Å². The lowest BCUT2D eigenvalue weighted by Crippen LogP contribution is -2.22. The van der Waals surface area contributed by atoms with Crippen molar-refractivity contribution in [2.75, 3.05) is 5.32 Å². The van der Waals surface area contributed by atoms with Crippen molar-refractivity contribution >= 4 is 34.8 Å². The number of halogens is 2. The van der Waals surface area contributed by atoms with Gasteiger partial charge in [-0.1, -0.05) is 41.4 Å². The highest BCUT2D eigenvalue weighted by Gasteiger charge is 2.10. The number of anilines is 1. The standard InChI is InChI=1S/C20H16Cl2N2O2/c1-13-5-7-17(22)10-18(13)23-20(26)15-6-8-19(25)24(12-15)11-14-3-2-4-16(21)9-14/h2-10,12H,11H2,1H3,(H,23,26). The SMILES string of the molecule is Cc1ccc(Cl)cc1NC(=O)c1ccc(=O)n(Cc2cccc(Cl)c2)c1. The number of carbonyl (C=O) groups is 1. The maximum Gasteiger partial charge on any atom is 0.257 e. The molecule has 1 N–H and O–H groups in total. The van der Waals surface area contributed by atoms with E-state index in [1.807, 2.05) is 25.1 Å². The highest BCUT2D eigenvalue weighted by molar-refractivity contribution is 6.31. The summed E-state index contributed by atoms with van der Waals surface area (Å²) in [5.41, 5.74) is 2.60. The first-order valence-corrected chi connectivity index (χ1v) is 8.70. The zero-order valence-corrected chi connectivity index (χ0v) is 15.5. The minimum absolute atomic E-state index is 0.194. The number of pyridine rings is 1. The molecule has 3 rings (SSSR count). The molecular formula is C20H16Cl2N2O2. The maximum absolute atomic E-state index is 12.6. The number of rotatable bonds is 4. The fourth-order valence-electron chi connectivity index (χ4n) is 2.54. The van der Waals surface area contributed by atoms with Gasteiger partial charge in [0.15, 0.2) is 0 Å². The molecule has 1 amide bonds. The van der Waals surface area contributed by atoms with E-state index >= 15 is 0 Å². The topological polar surface area (TPSA) is 51.1 Å². The Morgan fingerprint density at radius 2 is 1.81 bits per heavy atom. The van der Waals surface area contributed by atoms with E-state index < -0.39 is 0 Å². The third kappa shape index (κ3) is 4.34. The predicted molar refractivity (Wildman–Crippen MR) is 105 cm³/mol. The van der Waals surface area contributed by atoms with E-state index in [9.17, 15) is 9.59 Å². The van der Waals surface area contributed by atoms with Crippen LogP contribution in [0.4, 0.5) is 5.69 Å². The third-order valence-electron chi connectivity index (χ3n) is 3.94. The van der Waals surface area contributed by atoms with Crippen molar-refractivity contribution in [1.82, 2.24) is 4.57 Å². The second kappa shape index (κ2) is 7.77. The lowest BCUT2D eigenvalue weighted by molar-refractivity contribution is 0.102. The van der Waals surface area contributed by atoms with Crippen LogP contribution < -0.4 is 10.9 Å². The highest BCUT2D eigenvalue weighted by atomic mass is 35.5. The van der Waals surface area contributed by atoms with Crippen LogP contribution in [0, 0.1) is 6.92 Å². The molecule has 26 heavy (non-hydrogen) atoms. The monoisotopic (exact) mass is 386 g/mol. The van der Waals surface area contributed by atoms with Crippen molar-refractivity contribution in [1.29, 1.82) is 0 Å². The summed E-state index contributed by atoms with van der Waals surface area (Å²) in [6.45, 7) is 2.21. The van der Waals surface area contributed by atoms with E-state index in [-0.39, 0.29) is 11.5 Å². The van der Waals surface area contributed by atoms with E-state index in [1.54, 1.807) is 30.5 Å². The van der Waals surface area contributed by atoms with Gasteiger partial charge < -0.3 is 9.88 Å². The molecule has 0 aliphatic heterocycles. The molecule has 0 saturated heterocycles. The van der Waals surface area contributed by atoms with Gasteiger partial charge in [-0.2, -0.15) is 0 Å². The van der Waals surface area contributed by atoms with Crippen molar-refractivity contribution in [2.24, 2.45) is 0 Å². The first kappa shape index (κ1) is 18.2. The van der Waals surface area contributed by atoms with Crippen molar-refractivity contribution in [3.05, 3.63) is 97.9 Å². The van der Waals surface area contributed by atoms with Gasteiger partial charge >= 0.3 is 0 Å². The zero-order chi connectivity index (χ0) is 18.7. The van der Waals surface area contributed by atoms with Crippen LogP contribution in [0.5, 0.6) is 0 Å². The fraction of sp³-hybridized carbons (Fsp3) is 0.100. The Kier molecular flexibility index (Phi) is 5.45. The molecule has 6 heteroatoms. The Bertz CT molecular complexity index is 1030. The first-order valence-electron chi connectivity index (χ1n) is 7.95. The summed E-state index contributed by atoms with van der Waals surface area (Å²) < 4.78 is 1.48. The lowest BCUT2D eigenvalue weighted by atomic mass is 10.2. The summed E-state index contributed by atoms with van der Waals surface area (Å²) in [5.74, 6) is -0.310. The van der Waals surface area contributed by atoms with Crippen molar-refractivity contribution in [3.63, 3.8) is 0 Å². The van der Waals surface area contributed by atoms with E-state index in [1.165, 1.54) is 16.7 Å². The number of aromatic nitrogens is 1. The second-order valence-corrected chi connectivity index (χ2v) is 6.80. The lowest BCUT2D eigenvalue weighted by Gasteiger charge is -2.11. The quantitative estimate of drug-likeness (QED) is 0.702. The number of benzene rings is 2. The van der Waals surface area contributed by atoms with Crippen molar-refractivity contribution < 1.29 is 4.79 Å². The molecule has 0 radical (unpaired) electrons. The Labute approximate surface area is 161 Å². The molecule has 0 aliphatic carbocycles. The number of hydrogen-bond acceptors (Lipinski definition) is 2. The number of nitrogens with one attached hydrogen (secondary N) is 1. The number of amides is 1. The van der Waals surface area contributed by atoms with Crippen LogP contribution >= 0.6 is 23.2 Å². The second-order valence-electron chi connectivity index (χ2n) is 5.93. The Balaban J connectivity index is 1.85. The largest absolute Gasteiger partial charge is 0.322 e. The third-order valence-corrected chi connectivity index (χ3v) is 4.41. The maximum atomic E-state index is 12.6. The average molecular weight is 387 g/mol. The minimum atomic E-state index is -0.310. The minimum Gasteiger partial charge on any atom is -0.322 e. The molecular weight excluding hydrogens is 371 g/mol. The van der Waals surface area contributed by atoms with Crippen LogP contribution in [0.3, 0.4) is 0 Å². The van der Waals surface area contributed by atoms with Gasteiger partial charge in [-0.15, -0.1) is 0 Å². The fourth-order valence-corrected chi connectivity index (χ4v) is 2.93. The molecule has 0 bridgehead atoms. The molecule has 132 valence electrons. The van der Waals surface area contributed by atoms with Gasteiger partial charge in [-0.25, -0.2) is 0 Å². The van der Waals surface area contributed by atoms with Gasteiger partial charge in [0.25, 0.3) is 11.5 Å². The van der Waals surface area contributed by atoms with Gasteiger partial charge in [0.2, 0.25) is 0 Å². The van der Waals surface area contributed by atoms with Gasteiger partial charge in [-0.05, 0) is 48.4 Å². The number of hydrogen-bond donors (Lipinski definition) is 1. The molecule has 0 aliphatic rings. The summed E-state index contributed by atoms with van der Waals surface area (Å²) in [6.07, 6.45) is 1.54. The molecule has 3 aromatic rings. The summed E-state index contributed by atoms with van der Waals surface area (Å²) >= 11 is 12.0. The number of nitrogens with zero attached hydrogens (tertiary/aromatic N) is 1. The van der Waals surface area contributed by atoms with Crippen molar-refractivity contribution in [3.8, 4) is 0 Å². The summed E-state index contributed by atoms with van der Waals surface area (Å²) in [6, 6.07) is 15.4. The van der Waals surface area contributed by atoms with Crippen LogP contribution in [-0.4, -0.2) is 10.5 Å². The Morgan fingerprint density at radius 3 is 2.58 bits per heavy atom. The summed E-state index contributed by atoms with van der Waals surface area (Å²) in [4.78, 5) is 24.7. The molecule has 0 fully saturated rings. The van der Waals surface area contributed by atoms with Crippen LogP contribution in [0.2, 0.25) is 10.0 Å². The van der Waals surface area contributed by atoms with Crippen LogP contribution in [0.1, 0.15) is 21.5 Å². The van der Waals surface area contributed by atoms with E-state index in [0.717, 1.165) is 11.1 Å². The van der Waals surface area contributed by atoms with Crippen LogP contribution in [-0.2, 0) is 6.54 Å². The summed E-state index contributed by atoms with van der Waals surface area (Å²) in [7, 11) is 0. The average Bonchev–Trinajstić information content (AvgIpc) is 2.60. The Morgan fingerprint density at radius 1 is 1.04 bits per heavy atom.